The van der Waals surface area contributed by atoms with Gasteiger partial charge in [0.05, 0.1) is 50.5 Å². The number of carbonyl (C=O) groups excluding carboxylic acids is 4. The maximum Gasteiger partial charge on any atom is 0.328 e. The van der Waals surface area contributed by atoms with Crippen LogP contribution in [0.25, 0.3) is 0 Å². The summed E-state index contributed by atoms with van der Waals surface area (Å²) in [7, 11) is 6.42. The Kier molecular flexibility index (Phi) is 28.8. The van der Waals surface area contributed by atoms with Crippen molar-refractivity contribution in [2.24, 2.45) is 81.1 Å². The second-order valence-corrected chi connectivity index (χ2v) is 22.9. The van der Waals surface area contributed by atoms with Gasteiger partial charge in [-0.2, -0.15) is 0 Å². The van der Waals surface area contributed by atoms with Crippen LogP contribution in [0.5, 0.6) is 23.0 Å². The summed E-state index contributed by atoms with van der Waals surface area (Å²) >= 11 is 0. The Bertz CT molecular complexity index is 2590. The molecule has 0 aliphatic rings. The first-order valence-corrected chi connectivity index (χ1v) is 28.8. The van der Waals surface area contributed by atoms with Crippen molar-refractivity contribution < 1.29 is 94.1 Å². The van der Waals surface area contributed by atoms with E-state index in [0.717, 1.165) is 24.0 Å². The summed E-state index contributed by atoms with van der Waals surface area (Å²) in [5, 5.41) is 42.5. The smallest absolute Gasteiger partial charge is 0.328 e. The summed E-state index contributed by atoms with van der Waals surface area (Å²) in [6.45, 7) is 2.12. The quantitative estimate of drug-likeness (QED) is 0.0199. The molecule has 0 unspecified atom stereocenters. The zero-order valence-electron chi connectivity index (χ0n) is 64.4. The van der Waals surface area contributed by atoms with Crippen molar-refractivity contribution in [1.29, 1.82) is 0 Å². The minimum absolute atomic E-state index is 0.0530. The van der Waals surface area contributed by atoms with E-state index in [-0.39, 0.29) is 48.3 Å². The minimum Gasteiger partial charge on any atom is -0.493 e. The fourth-order valence-corrected chi connectivity index (χ4v) is 8.75. The number of rotatable bonds is 40. The fraction of sp³-hybridized carbons (Fsp3) is 0.688. The topological polar surface area (TPSA) is 367 Å². The molecule has 2 aromatic rings. The first kappa shape index (κ1) is 60.3. The van der Waals surface area contributed by atoms with Gasteiger partial charge in [-0.1, -0.05) is 67.5 Å². The van der Waals surface area contributed by atoms with E-state index in [0.29, 0.717) is 87.3 Å². The van der Waals surface area contributed by atoms with Gasteiger partial charge in [0.2, 0.25) is 23.6 Å². The van der Waals surface area contributed by atoms with E-state index < -0.39 is 123 Å². The average molecular weight is 1240 g/mol. The van der Waals surface area contributed by atoms with E-state index in [1.54, 1.807) is 56.1 Å². The Morgan fingerprint density at radius 1 is 0.535 bits per heavy atom. The van der Waals surface area contributed by atoms with Gasteiger partial charge in [-0.3, -0.25) is 19.2 Å². The number of aliphatic hydroxyl groups excluding tert-OH is 2. The van der Waals surface area contributed by atoms with Crippen molar-refractivity contribution in [3.63, 3.8) is 0 Å². The van der Waals surface area contributed by atoms with Gasteiger partial charge in [0.25, 0.3) is 0 Å². The van der Waals surface area contributed by atoms with Gasteiger partial charge < -0.3 is 82.4 Å². The second kappa shape index (κ2) is 41.2. The third kappa shape index (κ3) is 31.6. The number of hydrogen-bond donors (Lipinski definition) is 10. The summed E-state index contributed by atoms with van der Waals surface area (Å²) in [6.07, 6.45) is 2.49. The number of carboxylic acids is 2. The van der Waals surface area contributed by atoms with Crippen LogP contribution in [0.2, 0.25) is 0 Å². The molecule has 22 nitrogen and oxygen atoms in total. The highest BCUT2D eigenvalue weighted by atomic mass is 16.5. The number of amides is 4. The summed E-state index contributed by atoms with van der Waals surface area (Å²) in [4.78, 5) is 69.9. The molecule has 0 saturated heterocycles. The van der Waals surface area contributed by atoms with Crippen molar-refractivity contribution >= 4 is 35.6 Å². The standard InChI is InChI=1S/2C30H53N3O6.C4H4O4/c2*1-19(2)22(14-21-10-11-26(38-8)27(15-21)39-13-9-12-37-7)16-24(31)25(34)17-23(20(3)4)28(35)33-18-30(5,6)29(32)36;5-3(6)1-2-4(7)8/h2*10-11,15,19-20,22-25,34H,9,12-14,16-18,31H2,1-8H3,(H2,32,36)(H,33,35);1-2H,(H,5,6)(H,7,8)/b;;2-1+/t2*22-,23-,24-,25-;/m00./s1/i2*5+1D3,6+1D3;. The first-order valence-electron chi connectivity index (χ1n) is 34.8. The van der Waals surface area contributed by atoms with E-state index in [2.05, 4.69) is 38.3 Å². The van der Waals surface area contributed by atoms with Crippen LogP contribution in [0, 0.1) is 58.2 Å². The SMILES string of the molecule is O=C(O)/C=C/C(=O)O.[2H][13C]([2H])([2H])C(CNC(=O)[C@@H](C[C@H](O)[C@@H](N)C[C@H](Cc1ccc(OC)c(OCCCOC)c1)C(C)C)C(C)C)(C(N)=O)[13C]([2H])([2H])[2H].[2H][13C]([2H])([2H])C(CNC(=O)[C@@H](C[C@H](O)[C@@H](N)C[C@H](Cc1ccc(OC)c(OCCCOC)c1)C(C)C)C(C)C)(C(N)=O)[13C]([2H])([2H])[2H]. The van der Waals surface area contributed by atoms with Crippen LogP contribution in [0.1, 0.15) is 149 Å². The van der Waals surface area contributed by atoms with Gasteiger partial charge in [0.1, 0.15) is 0 Å². The summed E-state index contributed by atoms with van der Waals surface area (Å²) in [5.41, 5.74) is 19.6. The zero-order valence-corrected chi connectivity index (χ0v) is 52.4. The fourth-order valence-electron chi connectivity index (χ4n) is 8.75. The van der Waals surface area contributed by atoms with Crippen molar-refractivity contribution in [2.75, 3.05) is 68.0 Å². The maximum atomic E-state index is 13.2. The van der Waals surface area contributed by atoms with Crippen molar-refractivity contribution in [1.82, 2.24) is 10.6 Å². The summed E-state index contributed by atoms with van der Waals surface area (Å²) in [5.74, 6) is -6.32. The van der Waals surface area contributed by atoms with E-state index >= 15 is 0 Å². The van der Waals surface area contributed by atoms with Gasteiger partial charge in [-0.25, -0.2) is 9.59 Å². The Morgan fingerprint density at radius 3 is 1.13 bits per heavy atom. The van der Waals surface area contributed by atoms with Crippen molar-refractivity contribution in [3.8, 4) is 23.0 Å². The van der Waals surface area contributed by atoms with Gasteiger partial charge in [0, 0.05) is 106 Å². The van der Waals surface area contributed by atoms with Gasteiger partial charge >= 0.3 is 11.9 Å². The van der Waals surface area contributed by atoms with Crippen LogP contribution in [-0.2, 0) is 51.1 Å². The van der Waals surface area contributed by atoms with E-state index in [4.69, 9.17) is 78.0 Å². The molecule has 492 valence electrons. The Labute approximate surface area is 529 Å². The monoisotopic (exact) mass is 1230 g/mol. The molecule has 0 saturated carbocycles. The van der Waals surface area contributed by atoms with Crippen LogP contribution in [0.4, 0.5) is 0 Å². The molecule has 2 rings (SSSR count). The van der Waals surface area contributed by atoms with E-state index in [1.165, 1.54) is 0 Å². The second-order valence-electron chi connectivity index (χ2n) is 22.9. The molecular weight excluding hydrogens is 1110 g/mol. The Morgan fingerprint density at radius 2 is 0.872 bits per heavy atom. The molecule has 0 aromatic heterocycles. The number of aliphatic carboxylic acids is 2. The molecule has 0 bridgehead atoms. The molecule has 8 atom stereocenters. The number of hydrogen-bond acceptors (Lipinski definition) is 16. The van der Waals surface area contributed by atoms with Gasteiger partial charge in [-0.05, 0) is 137 Å². The number of nitrogens with one attached hydrogen (secondary N) is 2. The normalized spacial score (nSPS) is 17.2. The summed E-state index contributed by atoms with van der Waals surface area (Å²) in [6, 6.07) is 10.1. The highest BCUT2D eigenvalue weighted by Crippen LogP contribution is 2.34. The van der Waals surface area contributed by atoms with E-state index in [9.17, 15) is 39.0 Å². The lowest BCUT2D eigenvalue weighted by molar-refractivity contribution is -0.134. The zero-order chi connectivity index (χ0) is 76.1. The molecule has 14 N–H and O–H groups in total. The lowest BCUT2D eigenvalue weighted by Gasteiger charge is -2.30. The molecular formula is C64H110N6O16. The lowest BCUT2D eigenvalue weighted by Crippen LogP contribution is -2.46. The molecule has 0 fully saturated rings. The number of carboxylic acid groups (broad SMARTS) is 2. The van der Waals surface area contributed by atoms with Crippen LogP contribution in [-0.4, -0.2) is 148 Å². The molecule has 4 amide bonds. The van der Waals surface area contributed by atoms with Gasteiger partial charge in [-0.15, -0.1) is 0 Å². The highest BCUT2D eigenvalue weighted by Gasteiger charge is 2.34. The minimum atomic E-state index is -3.31. The Hall–Kier alpha value is -6.04. The number of nitrogens with two attached hydrogens (primary N) is 4. The number of benzene rings is 2. The average Bonchev–Trinajstić information content (AvgIpc) is 0.755. The number of ether oxygens (including phenoxy) is 6. The molecule has 0 radical (unpaired) electrons. The van der Waals surface area contributed by atoms with Crippen LogP contribution >= 0.6 is 0 Å². The molecule has 0 heterocycles. The van der Waals surface area contributed by atoms with E-state index in [1.807, 2.05) is 36.4 Å². The third-order valence-corrected chi connectivity index (χ3v) is 14.5. The number of methoxy groups -OCH3 is 4. The van der Waals surface area contributed by atoms with Crippen molar-refractivity contribution in [3.05, 3.63) is 59.7 Å². The highest BCUT2D eigenvalue weighted by molar-refractivity contribution is 5.89. The predicted molar refractivity (Wildman–Crippen MR) is 333 cm³/mol. The molecule has 0 aliphatic heterocycles. The third-order valence-electron chi connectivity index (χ3n) is 14.5. The predicted octanol–water partition coefficient (Wildman–Crippen LogP) is 6.30. The van der Waals surface area contributed by atoms with Crippen LogP contribution in [0.15, 0.2) is 48.6 Å². The molecule has 0 spiro atoms. The largest absolute Gasteiger partial charge is 0.493 e. The number of primary amides is 2. The maximum absolute atomic E-state index is 13.2. The van der Waals surface area contributed by atoms with Gasteiger partial charge in [0.15, 0.2) is 23.0 Å². The Balaban J connectivity index is 0.00000172. The number of carbonyl (C=O) groups is 6. The molecule has 0 aliphatic carbocycles. The lowest BCUT2D eigenvalue weighted by atomic mass is 9.80. The van der Waals surface area contributed by atoms with Crippen molar-refractivity contribution in [2.45, 2.75) is 158 Å². The summed E-state index contributed by atoms with van der Waals surface area (Å²) < 4.78 is 126. The van der Waals surface area contributed by atoms with Crippen LogP contribution < -0.4 is 52.5 Å². The molecule has 2 aromatic carbocycles. The number of aliphatic hydroxyl groups is 2. The molecule has 22 heteroatoms. The molecule has 86 heavy (non-hydrogen) atoms. The van der Waals surface area contributed by atoms with Crippen LogP contribution in [0.3, 0.4) is 0 Å². The first-order chi connectivity index (χ1) is 45.1.